The third-order valence-electron chi connectivity index (χ3n) is 1.49. The molecule has 0 aliphatic heterocycles. The van der Waals surface area contributed by atoms with E-state index in [1.807, 2.05) is 13.8 Å². The number of allylic oxidation sites excluding steroid dienone is 3. The van der Waals surface area contributed by atoms with E-state index in [1.165, 1.54) is 5.57 Å². The Kier molecular flexibility index (Phi) is 5.86. The summed E-state index contributed by atoms with van der Waals surface area (Å²) >= 11 is 0. The molecule has 0 spiro atoms. The average Bonchev–Trinajstić information content (AvgIpc) is 1.86. The molecule has 0 amide bonds. The lowest BCUT2D eigenvalue weighted by Crippen LogP contribution is -2.11. The molecule has 1 nitrogen and oxygen atoms in total. The van der Waals surface area contributed by atoms with Crippen LogP contribution < -0.4 is 5.73 Å². The maximum atomic E-state index is 5.60. The Bertz CT molecular complexity index is 143. The molecular weight excluding hydrogens is 134 g/mol. The molecule has 0 aliphatic carbocycles. The van der Waals surface area contributed by atoms with Crippen LogP contribution in [0.1, 0.15) is 33.6 Å². The van der Waals surface area contributed by atoms with Crippen LogP contribution in [0.3, 0.4) is 0 Å². The van der Waals surface area contributed by atoms with Gasteiger partial charge in [-0.1, -0.05) is 23.8 Å². The fourth-order valence-electron chi connectivity index (χ4n) is 1.01. The van der Waals surface area contributed by atoms with Crippen LogP contribution >= 0.6 is 0 Å². The number of nitrogens with two attached hydrogens (primary N) is 1. The van der Waals surface area contributed by atoms with Gasteiger partial charge in [0.05, 0.1) is 0 Å². The van der Waals surface area contributed by atoms with E-state index < -0.39 is 0 Å². The van der Waals surface area contributed by atoms with Crippen LogP contribution in [-0.2, 0) is 0 Å². The van der Waals surface area contributed by atoms with Crippen molar-refractivity contribution in [3.8, 4) is 0 Å². The molecule has 1 heteroatoms. The first-order valence-electron chi connectivity index (χ1n) is 4.21. The summed E-state index contributed by atoms with van der Waals surface area (Å²) in [6, 6.07) is 0.195. The molecule has 0 fully saturated rings. The van der Waals surface area contributed by atoms with Gasteiger partial charge in [-0.25, -0.2) is 0 Å². The first-order valence-corrected chi connectivity index (χ1v) is 4.21. The Morgan fingerprint density at radius 2 is 2.18 bits per heavy atom. The minimum atomic E-state index is 0.195. The summed E-state index contributed by atoms with van der Waals surface area (Å²) in [7, 11) is 0. The maximum absolute atomic E-state index is 5.60. The van der Waals surface area contributed by atoms with Crippen LogP contribution in [0, 0.1) is 0 Å². The zero-order chi connectivity index (χ0) is 8.69. The second-order valence-electron chi connectivity index (χ2n) is 2.98. The predicted octanol–water partition coefficient (Wildman–Crippen LogP) is 2.64. The number of hydrogen-bond donors (Lipinski definition) is 1. The monoisotopic (exact) mass is 153 g/mol. The highest BCUT2D eigenvalue weighted by atomic mass is 14.6. The molecule has 0 aromatic rings. The molecule has 11 heavy (non-hydrogen) atoms. The van der Waals surface area contributed by atoms with Gasteiger partial charge in [-0.2, -0.15) is 0 Å². The molecule has 2 N–H and O–H groups in total. The standard InChI is InChI=1S/C10H19N/c1-4-5-6-7-9(2)8-10(3)11/h4-5,8,10H,6-7,11H2,1-3H3/b5-4+,9-8+. The van der Waals surface area contributed by atoms with Crippen LogP contribution in [0.2, 0.25) is 0 Å². The van der Waals surface area contributed by atoms with Gasteiger partial charge in [0.2, 0.25) is 0 Å². The van der Waals surface area contributed by atoms with E-state index in [2.05, 4.69) is 25.2 Å². The van der Waals surface area contributed by atoms with Crippen molar-refractivity contribution in [3.05, 3.63) is 23.8 Å². The summed E-state index contributed by atoms with van der Waals surface area (Å²) in [6.07, 6.45) is 8.64. The van der Waals surface area contributed by atoms with E-state index in [-0.39, 0.29) is 6.04 Å². The molecule has 0 saturated carbocycles. The summed E-state index contributed by atoms with van der Waals surface area (Å²) in [5.74, 6) is 0. The SMILES string of the molecule is C/C=C/CC/C(C)=C/C(C)N. The van der Waals surface area contributed by atoms with E-state index in [4.69, 9.17) is 5.73 Å². The highest BCUT2D eigenvalue weighted by molar-refractivity contribution is 5.03. The first-order chi connectivity index (χ1) is 5.16. The van der Waals surface area contributed by atoms with Crippen molar-refractivity contribution < 1.29 is 0 Å². The third kappa shape index (κ3) is 7.34. The fourth-order valence-corrected chi connectivity index (χ4v) is 1.01. The van der Waals surface area contributed by atoms with Gasteiger partial charge in [0.25, 0.3) is 0 Å². The smallest absolute Gasteiger partial charge is 0.0197 e. The Morgan fingerprint density at radius 1 is 1.55 bits per heavy atom. The van der Waals surface area contributed by atoms with Gasteiger partial charge in [-0.05, 0) is 33.6 Å². The second kappa shape index (κ2) is 6.17. The Morgan fingerprint density at radius 3 is 2.64 bits per heavy atom. The van der Waals surface area contributed by atoms with Crippen molar-refractivity contribution in [2.24, 2.45) is 5.73 Å². The van der Waals surface area contributed by atoms with Crippen LogP contribution in [0.5, 0.6) is 0 Å². The lowest BCUT2D eigenvalue weighted by Gasteiger charge is -2.00. The number of rotatable bonds is 4. The largest absolute Gasteiger partial charge is 0.325 e. The zero-order valence-electron chi connectivity index (χ0n) is 7.80. The molecule has 1 atom stereocenters. The predicted molar refractivity (Wildman–Crippen MR) is 51.5 cm³/mol. The molecule has 64 valence electrons. The quantitative estimate of drug-likeness (QED) is 0.617. The minimum absolute atomic E-state index is 0.195. The minimum Gasteiger partial charge on any atom is -0.325 e. The van der Waals surface area contributed by atoms with Crippen molar-refractivity contribution >= 4 is 0 Å². The summed E-state index contributed by atoms with van der Waals surface area (Å²) in [5, 5.41) is 0. The van der Waals surface area contributed by atoms with E-state index in [1.54, 1.807) is 0 Å². The normalized spacial score (nSPS) is 15.8. The van der Waals surface area contributed by atoms with Gasteiger partial charge in [-0.15, -0.1) is 0 Å². The van der Waals surface area contributed by atoms with Crippen LogP contribution in [0.4, 0.5) is 0 Å². The Labute approximate surface area is 70.0 Å². The highest BCUT2D eigenvalue weighted by Crippen LogP contribution is 2.04. The van der Waals surface area contributed by atoms with E-state index in [0.29, 0.717) is 0 Å². The first kappa shape index (κ1) is 10.4. The average molecular weight is 153 g/mol. The van der Waals surface area contributed by atoms with E-state index in [9.17, 15) is 0 Å². The molecule has 0 aromatic carbocycles. The van der Waals surface area contributed by atoms with Crippen molar-refractivity contribution in [3.63, 3.8) is 0 Å². The van der Waals surface area contributed by atoms with Crippen molar-refractivity contribution in [2.45, 2.75) is 39.7 Å². The lowest BCUT2D eigenvalue weighted by molar-refractivity contribution is 0.882. The van der Waals surface area contributed by atoms with Crippen molar-refractivity contribution in [1.29, 1.82) is 0 Å². The summed E-state index contributed by atoms with van der Waals surface area (Å²) in [5.41, 5.74) is 6.99. The van der Waals surface area contributed by atoms with Gasteiger partial charge < -0.3 is 5.73 Å². The van der Waals surface area contributed by atoms with Gasteiger partial charge >= 0.3 is 0 Å². The highest BCUT2D eigenvalue weighted by Gasteiger charge is 1.90. The third-order valence-corrected chi connectivity index (χ3v) is 1.49. The Balaban J connectivity index is 3.59. The molecule has 0 radical (unpaired) electrons. The zero-order valence-corrected chi connectivity index (χ0v) is 7.80. The van der Waals surface area contributed by atoms with Crippen LogP contribution in [0.25, 0.3) is 0 Å². The number of hydrogen-bond acceptors (Lipinski definition) is 1. The van der Waals surface area contributed by atoms with Gasteiger partial charge in [0, 0.05) is 6.04 Å². The molecule has 0 heterocycles. The van der Waals surface area contributed by atoms with Crippen LogP contribution in [0.15, 0.2) is 23.8 Å². The molecule has 0 saturated heterocycles. The molecule has 0 aliphatic rings. The van der Waals surface area contributed by atoms with E-state index >= 15 is 0 Å². The Hall–Kier alpha value is -0.560. The van der Waals surface area contributed by atoms with Gasteiger partial charge in [-0.3, -0.25) is 0 Å². The molecular formula is C10H19N. The van der Waals surface area contributed by atoms with E-state index in [0.717, 1.165) is 12.8 Å². The van der Waals surface area contributed by atoms with Crippen molar-refractivity contribution in [2.75, 3.05) is 0 Å². The molecule has 0 bridgehead atoms. The summed E-state index contributed by atoms with van der Waals surface area (Å²) < 4.78 is 0. The molecule has 0 rings (SSSR count). The van der Waals surface area contributed by atoms with Gasteiger partial charge in [0.15, 0.2) is 0 Å². The van der Waals surface area contributed by atoms with Gasteiger partial charge in [0.1, 0.15) is 0 Å². The molecule has 1 unspecified atom stereocenters. The summed E-state index contributed by atoms with van der Waals surface area (Å²) in [6.45, 7) is 6.18. The maximum Gasteiger partial charge on any atom is 0.0197 e. The lowest BCUT2D eigenvalue weighted by atomic mass is 10.1. The molecule has 0 aromatic heterocycles. The van der Waals surface area contributed by atoms with Crippen molar-refractivity contribution in [1.82, 2.24) is 0 Å². The summed E-state index contributed by atoms with van der Waals surface area (Å²) in [4.78, 5) is 0. The van der Waals surface area contributed by atoms with Crippen LogP contribution in [-0.4, -0.2) is 6.04 Å². The topological polar surface area (TPSA) is 26.0 Å². The second-order valence-corrected chi connectivity index (χ2v) is 2.98. The fraction of sp³-hybridized carbons (Fsp3) is 0.600.